The number of carbonyl (C=O) groups excluding carboxylic acids is 3. The molecule has 4 rings (SSSR count). The minimum atomic E-state index is -0.746. The molecule has 1 N–H and O–H groups in total. The van der Waals surface area contributed by atoms with Crippen LogP contribution in [0.5, 0.6) is 5.88 Å². The number of aromatic hydroxyl groups is 1. The van der Waals surface area contributed by atoms with E-state index in [-0.39, 0.29) is 11.1 Å². The molecule has 1 fully saturated rings. The first-order valence-electron chi connectivity index (χ1n) is 14.9. The molecule has 2 aromatic carbocycles. The number of urea groups is 1. The van der Waals surface area contributed by atoms with E-state index in [0.29, 0.717) is 16.9 Å². The van der Waals surface area contributed by atoms with Gasteiger partial charge in [-0.15, -0.1) is 0 Å². The molecular formula is C36H40N4O6. The van der Waals surface area contributed by atoms with Gasteiger partial charge in [0.2, 0.25) is 5.88 Å². The summed E-state index contributed by atoms with van der Waals surface area (Å²) in [6.07, 6.45) is 5.76. The summed E-state index contributed by atoms with van der Waals surface area (Å²) in [5.41, 5.74) is 7.06. The molecule has 1 aliphatic rings. The number of hydrogen-bond donors (Lipinski definition) is 1. The molecule has 0 saturated carbocycles. The first-order chi connectivity index (χ1) is 21.4. The third-order valence-corrected chi connectivity index (χ3v) is 9.33. The first-order valence-corrected chi connectivity index (χ1v) is 14.9. The number of amides is 4. The van der Waals surface area contributed by atoms with Gasteiger partial charge in [-0.05, 0) is 131 Å². The van der Waals surface area contributed by atoms with E-state index < -0.39 is 35.0 Å². The lowest BCUT2D eigenvalue weighted by Crippen LogP contribution is -2.55. The topological polar surface area (TPSA) is 122 Å². The second-order valence-corrected chi connectivity index (χ2v) is 12.0. The molecule has 0 aliphatic carbocycles. The van der Waals surface area contributed by atoms with Crippen LogP contribution in [0.15, 0.2) is 51.1 Å². The van der Waals surface area contributed by atoms with Gasteiger partial charge < -0.3 is 5.11 Å². The van der Waals surface area contributed by atoms with Gasteiger partial charge in [0.1, 0.15) is 11.1 Å². The molecule has 1 aliphatic heterocycles. The van der Waals surface area contributed by atoms with Crippen LogP contribution >= 0.6 is 0 Å². The van der Waals surface area contributed by atoms with Gasteiger partial charge in [0, 0.05) is 14.1 Å². The fourth-order valence-electron chi connectivity index (χ4n) is 5.48. The van der Waals surface area contributed by atoms with Gasteiger partial charge in [0.25, 0.3) is 17.4 Å². The summed E-state index contributed by atoms with van der Waals surface area (Å²) in [6, 6.07) is 2.81. The largest absolute Gasteiger partial charge is 0.494 e. The van der Waals surface area contributed by atoms with Crippen LogP contribution in [0.25, 0.3) is 11.8 Å². The van der Waals surface area contributed by atoms with E-state index in [1.54, 1.807) is 19.1 Å². The summed E-state index contributed by atoms with van der Waals surface area (Å²) in [5, 5.41) is 10.8. The molecule has 4 amide bonds. The average molecular weight is 625 g/mol. The van der Waals surface area contributed by atoms with Crippen LogP contribution in [0.1, 0.15) is 57.0 Å². The smallest absolute Gasteiger partial charge is 0.338 e. The van der Waals surface area contributed by atoms with Crippen LogP contribution in [0.3, 0.4) is 0 Å². The van der Waals surface area contributed by atoms with Crippen molar-refractivity contribution in [1.82, 2.24) is 14.0 Å². The van der Waals surface area contributed by atoms with Gasteiger partial charge in [-0.3, -0.25) is 23.9 Å². The van der Waals surface area contributed by atoms with Gasteiger partial charge >= 0.3 is 11.7 Å². The number of hydrogen-bond acceptors (Lipinski definition) is 6. The summed E-state index contributed by atoms with van der Waals surface area (Å²) < 4.78 is 2.05. The molecule has 0 unspecified atom stereocenters. The van der Waals surface area contributed by atoms with E-state index >= 15 is 0 Å². The maximum absolute atomic E-state index is 13.6. The van der Waals surface area contributed by atoms with Crippen molar-refractivity contribution in [3.8, 4) is 11.6 Å². The lowest BCUT2D eigenvalue weighted by Gasteiger charge is -2.33. The minimum absolute atomic E-state index is 0.111. The summed E-state index contributed by atoms with van der Waals surface area (Å²) in [6.45, 7) is 17.0. The van der Waals surface area contributed by atoms with Crippen molar-refractivity contribution >= 4 is 29.6 Å². The Bertz CT molecular complexity index is 2070. The van der Waals surface area contributed by atoms with Crippen LogP contribution in [-0.2, 0) is 16.6 Å². The highest BCUT2D eigenvalue weighted by atomic mass is 16.3. The van der Waals surface area contributed by atoms with Crippen LogP contribution in [0.4, 0.5) is 10.5 Å². The zero-order valence-corrected chi connectivity index (χ0v) is 28.2. The predicted molar refractivity (Wildman–Crippen MR) is 180 cm³/mol. The quantitative estimate of drug-likeness (QED) is 0.236. The SMILES string of the molecule is CC(C=Cc1c(O)n(C)c(=O)n(-c2cc(C)c(C)c(C)c2C)c1=O)=CC=C1C(=O)N(C)C(=O)N(c2cc(C)c(C)c(C)c2C)C1=O. The monoisotopic (exact) mass is 624 g/mol. The number of benzene rings is 2. The molecule has 2 heterocycles. The van der Waals surface area contributed by atoms with E-state index in [2.05, 4.69) is 0 Å². The molecular weight excluding hydrogens is 584 g/mol. The predicted octanol–water partition coefficient (Wildman–Crippen LogP) is 5.22. The van der Waals surface area contributed by atoms with E-state index in [1.807, 2.05) is 55.4 Å². The van der Waals surface area contributed by atoms with Crippen molar-refractivity contribution in [3.63, 3.8) is 0 Å². The normalized spacial score (nSPS) is 15.2. The number of allylic oxidation sites excluding steroid dienone is 4. The molecule has 0 atom stereocenters. The molecule has 240 valence electrons. The molecule has 1 saturated heterocycles. The Morgan fingerprint density at radius 2 is 1.24 bits per heavy atom. The number of aromatic nitrogens is 2. The van der Waals surface area contributed by atoms with Gasteiger partial charge in [-0.1, -0.05) is 17.7 Å². The number of imide groups is 2. The van der Waals surface area contributed by atoms with E-state index in [9.17, 15) is 29.1 Å². The summed E-state index contributed by atoms with van der Waals surface area (Å²) in [5.74, 6) is -1.99. The molecule has 0 spiro atoms. The summed E-state index contributed by atoms with van der Waals surface area (Å²) >= 11 is 0. The second-order valence-electron chi connectivity index (χ2n) is 12.0. The Morgan fingerprint density at radius 3 is 1.80 bits per heavy atom. The van der Waals surface area contributed by atoms with Gasteiger partial charge in [-0.25, -0.2) is 19.1 Å². The van der Waals surface area contributed by atoms with Crippen molar-refractivity contribution in [2.75, 3.05) is 11.9 Å². The number of aryl methyl sites for hydroxylation is 2. The first kappa shape index (κ1) is 33.6. The Kier molecular flexibility index (Phi) is 8.97. The number of rotatable bonds is 5. The van der Waals surface area contributed by atoms with Gasteiger partial charge in [0.15, 0.2) is 0 Å². The molecule has 10 nitrogen and oxygen atoms in total. The second kappa shape index (κ2) is 12.3. The third-order valence-electron chi connectivity index (χ3n) is 9.33. The van der Waals surface area contributed by atoms with Crippen LogP contribution in [-0.4, -0.2) is 44.0 Å². The van der Waals surface area contributed by atoms with Crippen LogP contribution in [0, 0.1) is 55.4 Å². The Hall–Kier alpha value is -5.25. The highest BCUT2D eigenvalue weighted by Crippen LogP contribution is 2.32. The number of anilines is 1. The Labute approximate surface area is 268 Å². The highest BCUT2D eigenvalue weighted by Gasteiger charge is 2.41. The Morgan fingerprint density at radius 1 is 0.717 bits per heavy atom. The molecule has 1 aromatic heterocycles. The standard InChI is InChI=1S/C36H40N4O6/c1-18(12-14-27-31(41)37(10)35(45)39(33(27)43)29-16-19(2)21(4)23(6)25(29)8)13-15-28-32(42)38(11)36(46)40(34(28)44)30-17-20(3)22(5)24(7)26(30)9/h12-17,41H,1-11H3. The number of likely N-dealkylation sites (N-methyl/N-ethyl adjacent to an activating group) is 1. The summed E-state index contributed by atoms with van der Waals surface area (Å²) in [7, 11) is 2.70. The zero-order chi connectivity index (χ0) is 34.5. The van der Waals surface area contributed by atoms with Crippen LogP contribution < -0.4 is 16.1 Å². The van der Waals surface area contributed by atoms with Gasteiger partial charge in [-0.2, -0.15) is 0 Å². The van der Waals surface area contributed by atoms with Crippen molar-refractivity contribution in [2.24, 2.45) is 7.05 Å². The maximum Gasteiger partial charge on any atom is 0.338 e. The molecule has 0 bridgehead atoms. The number of carbonyl (C=O) groups is 3. The van der Waals surface area contributed by atoms with Crippen molar-refractivity contribution in [1.29, 1.82) is 0 Å². The maximum atomic E-state index is 13.6. The minimum Gasteiger partial charge on any atom is -0.494 e. The van der Waals surface area contributed by atoms with Crippen molar-refractivity contribution < 1.29 is 19.5 Å². The van der Waals surface area contributed by atoms with Crippen LogP contribution in [0.2, 0.25) is 0 Å². The Balaban J connectivity index is 1.77. The molecule has 46 heavy (non-hydrogen) atoms. The van der Waals surface area contributed by atoms with E-state index in [1.165, 1.54) is 38.4 Å². The fraction of sp³-hybridized carbons (Fsp3) is 0.306. The third kappa shape index (κ3) is 5.44. The van der Waals surface area contributed by atoms with Crippen molar-refractivity contribution in [2.45, 2.75) is 62.3 Å². The lowest BCUT2D eigenvalue weighted by atomic mass is 9.96. The van der Waals surface area contributed by atoms with E-state index in [4.69, 9.17) is 0 Å². The zero-order valence-electron chi connectivity index (χ0n) is 28.2. The molecule has 3 aromatic rings. The lowest BCUT2D eigenvalue weighted by molar-refractivity contribution is -0.128. The summed E-state index contributed by atoms with van der Waals surface area (Å²) in [4.78, 5) is 68.5. The van der Waals surface area contributed by atoms with E-state index in [0.717, 1.165) is 63.4 Å². The van der Waals surface area contributed by atoms with Crippen molar-refractivity contribution in [3.05, 3.63) is 112 Å². The average Bonchev–Trinajstić information content (AvgIpc) is 3.01. The number of nitrogens with zero attached hydrogens (tertiary/aromatic N) is 4. The fourth-order valence-corrected chi connectivity index (χ4v) is 5.48. The molecule has 0 radical (unpaired) electrons. The molecule has 10 heteroatoms. The highest BCUT2D eigenvalue weighted by molar-refractivity contribution is 6.37. The number of barbiturate groups is 1. The van der Waals surface area contributed by atoms with Gasteiger partial charge in [0.05, 0.1) is 11.4 Å².